The van der Waals surface area contributed by atoms with E-state index in [9.17, 15) is 13.2 Å². The molecule has 1 aliphatic heterocycles. The largest absolute Gasteiger partial charge is 0.309 e. The summed E-state index contributed by atoms with van der Waals surface area (Å²) in [6, 6.07) is 4.74. The third kappa shape index (κ3) is 2.77. The van der Waals surface area contributed by atoms with Gasteiger partial charge in [0.2, 0.25) is 5.91 Å². The van der Waals surface area contributed by atoms with Gasteiger partial charge in [-0.3, -0.25) is 4.79 Å². The van der Waals surface area contributed by atoms with E-state index >= 15 is 0 Å². The van der Waals surface area contributed by atoms with Crippen LogP contribution in [-0.4, -0.2) is 20.4 Å². The average Bonchev–Trinajstić information content (AvgIpc) is 2.62. The zero-order chi connectivity index (χ0) is 14.2. The van der Waals surface area contributed by atoms with Crippen molar-refractivity contribution in [2.45, 2.75) is 44.0 Å². The highest BCUT2D eigenvalue weighted by Gasteiger charge is 2.31. The lowest BCUT2D eigenvalue weighted by Crippen LogP contribution is -2.35. The molecule has 0 saturated carbocycles. The summed E-state index contributed by atoms with van der Waals surface area (Å²) in [5.74, 6) is 0.0789. The molecule has 0 aliphatic carbocycles. The lowest BCUT2D eigenvalue weighted by molar-refractivity contribution is -0.118. The molecule has 6 heteroatoms. The van der Waals surface area contributed by atoms with Gasteiger partial charge in [-0.1, -0.05) is 6.92 Å². The lowest BCUT2D eigenvalue weighted by Gasteiger charge is -2.22. The van der Waals surface area contributed by atoms with Gasteiger partial charge in [0, 0.05) is 28.8 Å². The topological polar surface area (TPSA) is 54.5 Å². The molecule has 1 amide bonds. The molecule has 1 heterocycles. The van der Waals surface area contributed by atoms with Crippen molar-refractivity contribution in [2.75, 3.05) is 4.90 Å². The van der Waals surface area contributed by atoms with Crippen molar-refractivity contribution in [2.24, 2.45) is 0 Å². The van der Waals surface area contributed by atoms with E-state index in [1.165, 1.54) is 6.07 Å². The Morgan fingerprint density at radius 3 is 2.74 bits per heavy atom. The van der Waals surface area contributed by atoms with Crippen LogP contribution < -0.4 is 4.90 Å². The van der Waals surface area contributed by atoms with Gasteiger partial charge in [-0.15, -0.1) is 0 Å². The molecule has 1 aliphatic rings. The summed E-state index contributed by atoms with van der Waals surface area (Å²) >= 11 is 0. The minimum atomic E-state index is -3.72. The molecule has 1 unspecified atom stereocenters. The van der Waals surface area contributed by atoms with Crippen LogP contribution in [0, 0.1) is 0 Å². The smallest absolute Gasteiger partial charge is 0.261 e. The average molecular weight is 302 g/mol. The van der Waals surface area contributed by atoms with Gasteiger partial charge in [0.05, 0.1) is 4.90 Å². The molecule has 0 radical (unpaired) electrons. The fourth-order valence-electron chi connectivity index (χ4n) is 2.47. The standard InChI is InChI=1S/C13H16ClNO3S/c1-3-4-13(16)15-9(2)7-10-8-11(19(14,17)18)5-6-12(10)15/h5-6,8-9H,3-4,7H2,1-2H3. The molecule has 0 bridgehead atoms. The van der Waals surface area contributed by atoms with Crippen LogP contribution >= 0.6 is 10.7 Å². The fourth-order valence-corrected chi connectivity index (χ4v) is 3.28. The predicted octanol–water partition coefficient (Wildman–Crippen LogP) is 2.69. The van der Waals surface area contributed by atoms with Crippen LogP contribution in [0.3, 0.4) is 0 Å². The Morgan fingerprint density at radius 1 is 1.47 bits per heavy atom. The Morgan fingerprint density at radius 2 is 2.16 bits per heavy atom. The molecule has 19 heavy (non-hydrogen) atoms. The van der Waals surface area contributed by atoms with Crippen molar-refractivity contribution >= 4 is 31.3 Å². The second-order valence-electron chi connectivity index (χ2n) is 4.80. The molecular formula is C13H16ClNO3S. The van der Waals surface area contributed by atoms with Crippen molar-refractivity contribution in [1.82, 2.24) is 0 Å². The Bertz CT molecular complexity index is 612. The van der Waals surface area contributed by atoms with Crippen LogP contribution in [0.4, 0.5) is 5.69 Å². The Labute approximate surface area is 117 Å². The van der Waals surface area contributed by atoms with E-state index in [-0.39, 0.29) is 16.8 Å². The number of fused-ring (bicyclic) bond motifs is 1. The van der Waals surface area contributed by atoms with E-state index in [1.54, 1.807) is 17.0 Å². The van der Waals surface area contributed by atoms with Crippen LogP contribution in [0.1, 0.15) is 32.3 Å². The normalized spacial score (nSPS) is 18.5. The minimum Gasteiger partial charge on any atom is -0.309 e. The molecule has 0 saturated heterocycles. The maximum absolute atomic E-state index is 12.1. The van der Waals surface area contributed by atoms with Gasteiger partial charge >= 0.3 is 0 Å². The van der Waals surface area contributed by atoms with E-state index in [0.717, 1.165) is 17.7 Å². The SMILES string of the molecule is CCCC(=O)N1c2ccc(S(=O)(=O)Cl)cc2CC1C. The number of halogens is 1. The summed E-state index contributed by atoms with van der Waals surface area (Å²) in [6.07, 6.45) is 1.95. The summed E-state index contributed by atoms with van der Waals surface area (Å²) < 4.78 is 22.6. The fraction of sp³-hybridized carbons (Fsp3) is 0.462. The van der Waals surface area contributed by atoms with Gasteiger partial charge in [0.25, 0.3) is 9.05 Å². The van der Waals surface area contributed by atoms with Gasteiger partial charge in [0.15, 0.2) is 0 Å². The van der Waals surface area contributed by atoms with Gasteiger partial charge in [0.1, 0.15) is 0 Å². The van der Waals surface area contributed by atoms with E-state index in [0.29, 0.717) is 12.8 Å². The van der Waals surface area contributed by atoms with E-state index in [1.807, 2.05) is 13.8 Å². The van der Waals surface area contributed by atoms with Gasteiger partial charge in [-0.05, 0) is 43.5 Å². The van der Waals surface area contributed by atoms with Crippen LogP contribution in [0.25, 0.3) is 0 Å². The van der Waals surface area contributed by atoms with E-state index < -0.39 is 9.05 Å². The molecule has 104 valence electrons. The summed E-state index contributed by atoms with van der Waals surface area (Å²) in [6.45, 7) is 3.92. The monoisotopic (exact) mass is 301 g/mol. The highest BCUT2D eigenvalue weighted by molar-refractivity contribution is 8.13. The number of hydrogen-bond acceptors (Lipinski definition) is 3. The van der Waals surface area contributed by atoms with Crippen molar-refractivity contribution in [3.63, 3.8) is 0 Å². The lowest BCUT2D eigenvalue weighted by atomic mass is 10.1. The second-order valence-corrected chi connectivity index (χ2v) is 7.36. The first-order chi connectivity index (χ1) is 8.84. The van der Waals surface area contributed by atoms with Crippen LogP contribution in [0.15, 0.2) is 23.1 Å². The first-order valence-corrected chi connectivity index (χ1v) is 8.55. The summed E-state index contributed by atoms with van der Waals surface area (Å²) in [5.41, 5.74) is 1.66. The quantitative estimate of drug-likeness (QED) is 0.807. The van der Waals surface area contributed by atoms with Crippen LogP contribution in [0.2, 0.25) is 0 Å². The highest BCUT2D eigenvalue weighted by atomic mass is 35.7. The van der Waals surface area contributed by atoms with Gasteiger partial charge < -0.3 is 4.90 Å². The Balaban J connectivity index is 2.41. The number of benzene rings is 1. The van der Waals surface area contributed by atoms with Crippen LogP contribution in [-0.2, 0) is 20.3 Å². The first-order valence-electron chi connectivity index (χ1n) is 6.24. The van der Waals surface area contributed by atoms with Crippen molar-refractivity contribution in [1.29, 1.82) is 0 Å². The molecular weight excluding hydrogens is 286 g/mol. The van der Waals surface area contributed by atoms with Crippen molar-refractivity contribution < 1.29 is 13.2 Å². The Hall–Kier alpha value is -1.07. The Kier molecular flexibility index (Phi) is 3.87. The highest BCUT2D eigenvalue weighted by Crippen LogP contribution is 2.35. The summed E-state index contributed by atoms with van der Waals surface area (Å²) in [7, 11) is 1.62. The number of rotatable bonds is 3. The molecule has 2 rings (SSSR count). The number of hydrogen-bond donors (Lipinski definition) is 0. The predicted molar refractivity (Wildman–Crippen MR) is 75.0 cm³/mol. The number of carbonyl (C=O) groups is 1. The number of carbonyl (C=O) groups excluding carboxylic acids is 1. The maximum Gasteiger partial charge on any atom is 0.261 e. The molecule has 1 atom stereocenters. The number of nitrogens with zero attached hydrogens (tertiary/aromatic N) is 1. The minimum absolute atomic E-state index is 0.0577. The molecule has 0 N–H and O–H groups in total. The van der Waals surface area contributed by atoms with Gasteiger partial charge in [-0.2, -0.15) is 0 Å². The van der Waals surface area contributed by atoms with Gasteiger partial charge in [-0.25, -0.2) is 8.42 Å². The summed E-state index contributed by atoms with van der Waals surface area (Å²) in [4.78, 5) is 13.9. The van der Waals surface area contributed by atoms with Crippen molar-refractivity contribution in [3.05, 3.63) is 23.8 Å². The van der Waals surface area contributed by atoms with Crippen molar-refractivity contribution in [3.8, 4) is 0 Å². The second kappa shape index (κ2) is 5.13. The molecule has 4 nitrogen and oxygen atoms in total. The molecule has 1 aromatic rings. The number of anilines is 1. The third-order valence-electron chi connectivity index (χ3n) is 3.28. The summed E-state index contributed by atoms with van der Waals surface area (Å²) in [5, 5.41) is 0. The number of amides is 1. The third-order valence-corrected chi connectivity index (χ3v) is 4.63. The zero-order valence-corrected chi connectivity index (χ0v) is 12.5. The van der Waals surface area contributed by atoms with Crippen LogP contribution in [0.5, 0.6) is 0 Å². The molecule has 1 aromatic carbocycles. The van der Waals surface area contributed by atoms with E-state index in [2.05, 4.69) is 0 Å². The maximum atomic E-state index is 12.1. The molecule has 0 fully saturated rings. The molecule has 0 spiro atoms. The first kappa shape index (κ1) is 14.3. The van der Waals surface area contributed by atoms with E-state index in [4.69, 9.17) is 10.7 Å². The zero-order valence-electron chi connectivity index (χ0n) is 10.9. The molecule has 0 aromatic heterocycles.